The van der Waals surface area contributed by atoms with Crippen molar-refractivity contribution < 1.29 is 14.1 Å². The van der Waals surface area contributed by atoms with Crippen LogP contribution in [0, 0.1) is 13.8 Å². The lowest BCUT2D eigenvalue weighted by molar-refractivity contribution is 0.0948. The Morgan fingerprint density at radius 1 is 1.36 bits per heavy atom. The number of aromatic nitrogens is 1. The molecule has 1 aromatic carbocycles. The lowest BCUT2D eigenvalue weighted by atomic mass is 10.0. The molecule has 1 aromatic heterocycles. The number of amides is 1. The van der Waals surface area contributed by atoms with Crippen LogP contribution in [0.15, 0.2) is 28.8 Å². The van der Waals surface area contributed by atoms with Gasteiger partial charge < -0.3 is 19.5 Å². The van der Waals surface area contributed by atoms with E-state index in [2.05, 4.69) is 22.3 Å². The molecule has 28 heavy (non-hydrogen) atoms. The topological polar surface area (TPSA) is 67.6 Å². The van der Waals surface area contributed by atoms with Gasteiger partial charge >= 0.3 is 0 Å². The summed E-state index contributed by atoms with van der Waals surface area (Å²) in [6, 6.07) is 7.95. The molecule has 1 aliphatic rings. The minimum atomic E-state index is -0.0607. The molecule has 0 saturated carbocycles. The number of hydrogen-bond donors (Lipinski definition) is 1. The Morgan fingerprint density at radius 3 is 2.96 bits per heavy atom. The quantitative estimate of drug-likeness (QED) is 0.699. The summed E-state index contributed by atoms with van der Waals surface area (Å²) in [5, 5.41) is 6.95. The standard InChI is InChI=1S/C22H31N3O3/c1-16-8-4-5-12-25(16)13-7-11-23-22(26)19-9-6-10-20(14-19)27-15-21-17(2)24-28-18(21)3/h6,9-10,14,16H,4-5,7-8,11-13,15H2,1-3H3,(H,23,26)/t16-/m1/s1. The van der Waals surface area contributed by atoms with E-state index in [-0.39, 0.29) is 5.91 Å². The second-order valence-electron chi connectivity index (χ2n) is 7.61. The predicted molar refractivity (Wildman–Crippen MR) is 109 cm³/mol. The van der Waals surface area contributed by atoms with Crippen LogP contribution in [0.4, 0.5) is 0 Å². The Morgan fingerprint density at radius 2 is 2.21 bits per heavy atom. The van der Waals surface area contributed by atoms with Crippen molar-refractivity contribution in [1.82, 2.24) is 15.4 Å². The normalized spacial score (nSPS) is 17.5. The van der Waals surface area contributed by atoms with Crippen LogP contribution in [0.1, 0.15) is 60.0 Å². The lowest BCUT2D eigenvalue weighted by Crippen LogP contribution is -2.39. The molecule has 1 fully saturated rings. The summed E-state index contributed by atoms with van der Waals surface area (Å²) < 4.78 is 11.0. The van der Waals surface area contributed by atoms with E-state index in [1.807, 2.05) is 32.0 Å². The summed E-state index contributed by atoms with van der Waals surface area (Å²) in [7, 11) is 0. The van der Waals surface area contributed by atoms with E-state index in [9.17, 15) is 4.79 Å². The van der Waals surface area contributed by atoms with Gasteiger partial charge in [0.05, 0.1) is 11.3 Å². The van der Waals surface area contributed by atoms with Crippen molar-refractivity contribution in [3.63, 3.8) is 0 Å². The van der Waals surface area contributed by atoms with Gasteiger partial charge in [-0.15, -0.1) is 0 Å². The number of likely N-dealkylation sites (tertiary alicyclic amines) is 1. The van der Waals surface area contributed by atoms with Crippen LogP contribution in [0.25, 0.3) is 0 Å². The molecule has 2 heterocycles. The Bertz CT molecular complexity index is 768. The number of carbonyl (C=O) groups is 1. The Hall–Kier alpha value is -2.34. The van der Waals surface area contributed by atoms with Gasteiger partial charge in [-0.25, -0.2) is 0 Å². The van der Waals surface area contributed by atoms with Crippen molar-refractivity contribution in [2.45, 2.75) is 59.1 Å². The zero-order valence-corrected chi connectivity index (χ0v) is 17.2. The van der Waals surface area contributed by atoms with Gasteiger partial charge in [0.15, 0.2) is 0 Å². The summed E-state index contributed by atoms with van der Waals surface area (Å²) >= 11 is 0. The number of nitrogens with one attached hydrogen (secondary N) is 1. The highest BCUT2D eigenvalue weighted by molar-refractivity contribution is 5.94. The van der Waals surface area contributed by atoms with Crippen LogP contribution in [0.2, 0.25) is 0 Å². The average Bonchev–Trinajstić information content (AvgIpc) is 3.02. The number of carbonyl (C=O) groups excluding carboxylic acids is 1. The first-order chi connectivity index (χ1) is 13.5. The lowest BCUT2D eigenvalue weighted by Gasteiger charge is -2.33. The van der Waals surface area contributed by atoms with Gasteiger partial charge in [0.2, 0.25) is 0 Å². The van der Waals surface area contributed by atoms with E-state index in [0.717, 1.165) is 30.0 Å². The number of aryl methyl sites for hydroxylation is 2. The van der Waals surface area contributed by atoms with Crippen LogP contribution >= 0.6 is 0 Å². The zero-order valence-electron chi connectivity index (χ0n) is 17.2. The number of hydrogen-bond acceptors (Lipinski definition) is 5. The summed E-state index contributed by atoms with van der Waals surface area (Å²) in [5.74, 6) is 1.36. The maximum Gasteiger partial charge on any atom is 0.251 e. The van der Waals surface area contributed by atoms with E-state index in [0.29, 0.717) is 30.5 Å². The minimum absolute atomic E-state index is 0.0607. The molecule has 0 unspecified atom stereocenters. The Balaban J connectivity index is 1.45. The highest BCUT2D eigenvalue weighted by Gasteiger charge is 2.17. The van der Waals surface area contributed by atoms with Gasteiger partial charge in [0.25, 0.3) is 5.91 Å². The molecule has 2 aromatic rings. The largest absolute Gasteiger partial charge is 0.489 e. The molecule has 0 bridgehead atoms. The fourth-order valence-corrected chi connectivity index (χ4v) is 3.67. The number of nitrogens with zero attached hydrogens (tertiary/aromatic N) is 2. The maximum atomic E-state index is 12.4. The second-order valence-corrected chi connectivity index (χ2v) is 7.61. The SMILES string of the molecule is Cc1noc(C)c1COc1cccc(C(=O)NCCCN2CCCC[C@H]2C)c1. The summed E-state index contributed by atoms with van der Waals surface area (Å²) in [6.07, 6.45) is 4.88. The molecule has 1 aliphatic heterocycles. The van der Waals surface area contributed by atoms with Crippen molar-refractivity contribution in [1.29, 1.82) is 0 Å². The third-order valence-corrected chi connectivity index (χ3v) is 5.51. The fourth-order valence-electron chi connectivity index (χ4n) is 3.67. The predicted octanol–water partition coefficient (Wildman–Crippen LogP) is 3.86. The first-order valence-corrected chi connectivity index (χ1v) is 10.2. The van der Waals surface area contributed by atoms with Crippen LogP contribution in [0.5, 0.6) is 5.75 Å². The van der Waals surface area contributed by atoms with Crippen LogP contribution in [0.3, 0.4) is 0 Å². The highest BCUT2D eigenvalue weighted by atomic mass is 16.5. The van der Waals surface area contributed by atoms with Gasteiger partial charge in [-0.3, -0.25) is 4.79 Å². The smallest absolute Gasteiger partial charge is 0.251 e. The molecule has 152 valence electrons. The van der Waals surface area contributed by atoms with E-state index in [1.165, 1.54) is 25.8 Å². The van der Waals surface area contributed by atoms with Crippen LogP contribution in [-0.4, -0.2) is 41.6 Å². The third kappa shape index (κ3) is 5.35. The second kappa shape index (κ2) is 9.73. The summed E-state index contributed by atoms with van der Waals surface area (Å²) in [4.78, 5) is 15.0. The molecular weight excluding hydrogens is 354 g/mol. The van der Waals surface area contributed by atoms with E-state index < -0.39 is 0 Å². The molecule has 3 rings (SSSR count). The molecular formula is C22H31N3O3. The first kappa shape index (κ1) is 20.4. The van der Waals surface area contributed by atoms with E-state index >= 15 is 0 Å². The van der Waals surface area contributed by atoms with Crippen LogP contribution in [-0.2, 0) is 6.61 Å². The molecule has 1 saturated heterocycles. The van der Waals surface area contributed by atoms with Gasteiger partial charge in [0, 0.05) is 24.7 Å². The van der Waals surface area contributed by atoms with Crippen molar-refractivity contribution in [3.05, 3.63) is 46.8 Å². The molecule has 1 amide bonds. The van der Waals surface area contributed by atoms with Crippen molar-refractivity contribution in [3.8, 4) is 5.75 Å². The van der Waals surface area contributed by atoms with Gasteiger partial charge in [-0.05, 0) is 64.8 Å². The molecule has 6 heteroatoms. The number of ether oxygens (including phenoxy) is 1. The van der Waals surface area contributed by atoms with Crippen molar-refractivity contribution >= 4 is 5.91 Å². The molecule has 0 spiro atoms. The van der Waals surface area contributed by atoms with Gasteiger partial charge in [-0.1, -0.05) is 17.6 Å². The zero-order chi connectivity index (χ0) is 19.9. The number of piperidine rings is 1. The molecule has 0 aliphatic carbocycles. The number of benzene rings is 1. The molecule has 6 nitrogen and oxygen atoms in total. The molecule has 1 atom stereocenters. The van der Waals surface area contributed by atoms with E-state index in [1.54, 1.807) is 6.07 Å². The third-order valence-electron chi connectivity index (χ3n) is 5.51. The van der Waals surface area contributed by atoms with Gasteiger partial charge in [-0.2, -0.15) is 0 Å². The number of rotatable bonds is 8. The van der Waals surface area contributed by atoms with Crippen molar-refractivity contribution in [2.24, 2.45) is 0 Å². The Labute approximate surface area is 167 Å². The van der Waals surface area contributed by atoms with Crippen molar-refractivity contribution in [2.75, 3.05) is 19.6 Å². The van der Waals surface area contributed by atoms with E-state index in [4.69, 9.17) is 9.26 Å². The minimum Gasteiger partial charge on any atom is -0.489 e. The van der Waals surface area contributed by atoms with Crippen LogP contribution < -0.4 is 10.1 Å². The maximum absolute atomic E-state index is 12.4. The summed E-state index contributed by atoms with van der Waals surface area (Å²) in [6.45, 7) is 9.34. The Kier molecular flexibility index (Phi) is 7.09. The highest BCUT2D eigenvalue weighted by Crippen LogP contribution is 2.19. The molecule has 1 N–H and O–H groups in total. The summed E-state index contributed by atoms with van der Waals surface area (Å²) in [5.41, 5.74) is 2.39. The first-order valence-electron chi connectivity index (χ1n) is 10.2. The monoisotopic (exact) mass is 385 g/mol. The average molecular weight is 386 g/mol. The molecule has 0 radical (unpaired) electrons. The van der Waals surface area contributed by atoms with Gasteiger partial charge in [0.1, 0.15) is 18.1 Å². The fraction of sp³-hybridized carbons (Fsp3) is 0.545.